The summed E-state index contributed by atoms with van der Waals surface area (Å²) in [7, 11) is 1.27. The molecule has 4 N–H and O–H groups in total. The summed E-state index contributed by atoms with van der Waals surface area (Å²) in [5, 5.41) is 19.9. The lowest BCUT2D eigenvalue weighted by Crippen LogP contribution is -2.45. The summed E-state index contributed by atoms with van der Waals surface area (Å²) in [6.45, 7) is 7.47. The number of amides is 2. The first kappa shape index (κ1) is 33.5. The van der Waals surface area contributed by atoms with E-state index in [1.54, 1.807) is 74.7 Å². The third-order valence-corrected chi connectivity index (χ3v) is 6.90. The second-order valence-corrected chi connectivity index (χ2v) is 10.2. The van der Waals surface area contributed by atoms with Crippen molar-refractivity contribution >= 4 is 18.2 Å². The molecule has 4 rings (SSSR count). The van der Waals surface area contributed by atoms with Crippen molar-refractivity contribution in [3.05, 3.63) is 113 Å². The largest absolute Gasteiger partial charge is 0.490 e. The van der Waals surface area contributed by atoms with Crippen LogP contribution in [0.3, 0.4) is 0 Å². The summed E-state index contributed by atoms with van der Waals surface area (Å²) in [6, 6.07) is 15.6. The van der Waals surface area contributed by atoms with Crippen LogP contribution in [-0.2, 0) is 22.6 Å². The molecule has 3 aromatic carbocycles. The van der Waals surface area contributed by atoms with Gasteiger partial charge < -0.3 is 34.7 Å². The van der Waals surface area contributed by atoms with Gasteiger partial charge in [-0.3, -0.25) is 5.43 Å². The summed E-state index contributed by atoms with van der Waals surface area (Å²) < 4.78 is 36.3. The number of nitrogens with one attached hydrogen (secondary N) is 3. The Labute approximate surface area is 266 Å². The Morgan fingerprint density at radius 3 is 2.61 bits per heavy atom. The molecule has 3 aromatic rings. The third kappa shape index (κ3) is 8.63. The number of esters is 1. The van der Waals surface area contributed by atoms with Crippen molar-refractivity contribution in [2.45, 2.75) is 39.1 Å². The van der Waals surface area contributed by atoms with Crippen LogP contribution >= 0.6 is 0 Å². The molecule has 11 nitrogen and oxygen atoms in total. The maximum atomic E-state index is 14.0. The summed E-state index contributed by atoms with van der Waals surface area (Å²) in [5.41, 5.74) is 5.89. The number of carbonyl (C=O) groups is 2. The van der Waals surface area contributed by atoms with Crippen LogP contribution in [0.1, 0.15) is 42.1 Å². The van der Waals surface area contributed by atoms with E-state index in [9.17, 15) is 19.1 Å². The van der Waals surface area contributed by atoms with Crippen molar-refractivity contribution in [2.75, 3.05) is 20.3 Å². The molecule has 0 aromatic heterocycles. The van der Waals surface area contributed by atoms with Crippen molar-refractivity contribution in [1.82, 2.24) is 16.1 Å². The lowest BCUT2D eigenvalue weighted by Gasteiger charge is -2.28. The molecule has 0 aliphatic carbocycles. The lowest BCUT2D eigenvalue weighted by molar-refractivity contribution is -0.136. The molecule has 12 heteroatoms. The molecule has 0 radical (unpaired) electrons. The van der Waals surface area contributed by atoms with Gasteiger partial charge in [0.15, 0.2) is 17.7 Å². The van der Waals surface area contributed by atoms with Crippen molar-refractivity contribution in [2.24, 2.45) is 5.10 Å². The number of hydrogen-bond acceptors (Lipinski definition) is 9. The molecular weight excluding hydrogens is 595 g/mol. The highest BCUT2D eigenvalue weighted by Crippen LogP contribution is 2.35. The standard InChI is InChI=1S/C34H37FN4O7/c1-5-9-23-16-22(12-14-27(23)45-19-25-10-7-8-11-26(25)35)18-36-39-30(40)20-46-28-15-13-24(17-29(28)44-6-2)32-31(33(41)43-4)21(3)37-34(42)38-32/h5,7-8,10-18,30,32,39-40H,1,6,9,19-20H2,2-4H3,(H2,37,38,42)/b36-18-/t30-,32+/m1/s1. The number of aliphatic hydroxyl groups excluding tert-OH is 1. The van der Waals surface area contributed by atoms with Crippen LogP contribution in [0, 0.1) is 5.82 Å². The van der Waals surface area contributed by atoms with Crippen LogP contribution in [0.4, 0.5) is 9.18 Å². The van der Waals surface area contributed by atoms with Gasteiger partial charge in [0.05, 0.1) is 31.5 Å². The quantitative estimate of drug-likeness (QED) is 0.0624. The van der Waals surface area contributed by atoms with Gasteiger partial charge in [-0.25, -0.2) is 14.0 Å². The van der Waals surface area contributed by atoms with E-state index >= 15 is 0 Å². The number of halogens is 1. The van der Waals surface area contributed by atoms with Crippen LogP contribution in [-0.4, -0.2) is 49.9 Å². The number of hydrazone groups is 1. The third-order valence-electron chi connectivity index (χ3n) is 6.90. The average Bonchev–Trinajstić information content (AvgIpc) is 3.04. The maximum absolute atomic E-state index is 14.0. The second kappa shape index (κ2) is 16.1. The summed E-state index contributed by atoms with van der Waals surface area (Å²) >= 11 is 0. The fourth-order valence-corrected chi connectivity index (χ4v) is 4.73. The molecule has 0 unspecified atom stereocenters. The number of nitrogens with zero attached hydrogens (tertiary/aromatic N) is 1. The number of aliphatic hydroxyl groups is 1. The monoisotopic (exact) mass is 632 g/mol. The highest BCUT2D eigenvalue weighted by atomic mass is 19.1. The number of rotatable bonds is 15. The number of allylic oxidation sites excluding steroid dienone is 2. The summed E-state index contributed by atoms with van der Waals surface area (Å²) in [6.07, 6.45) is 2.65. The smallest absolute Gasteiger partial charge is 0.337 e. The van der Waals surface area contributed by atoms with Crippen molar-refractivity contribution in [3.8, 4) is 17.2 Å². The van der Waals surface area contributed by atoms with E-state index in [-0.39, 0.29) is 24.6 Å². The Kier molecular flexibility index (Phi) is 11.7. The van der Waals surface area contributed by atoms with Gasteiger partial charge in [-0.15, -0.1) is 6.58 Å². The number of urea groups is 1. The Morgan fingerprint density at radius 2 is 1.87 bits per heavy atom. The van der Waals surface area contributed by atoms with Crippen molar-refractivity contribution in [3.63, 3.8) is 0 Å². The molecule has 0 fully saturated rings. The summed E-state index contributed by atoms with van der Waals surface area (Å²) in [5.74, 6) is 0.399. The topological polar surface area (TPSA) is 140 Å². The predicted octanol–water partition coefficient (Wildman–Crippen LogP) is 4.65. The molecule has 1 heterocycles. The highest BCUT2D eigenvalue weighted by molar-refractivity contribution is 5.95. The molecular formula is C34H37FN4O7. The average molecular weight is 633 g/mol. The van der Waals surface area contributed by atoms with E-state index in [0.717, 1.165) is 11.1 Å². The van der Waals surface area contributed by atoms with Crippen LogP contribution in [0.15, 0.2) is 89.7 Å². The van der Waals surface area contributed by atoms with E-state index in [4.69, 9.17) is 18.9 Å². The predicted molar refractivity (Wildman–Crippen MR) is 170 cm³/mol. The Hall–Kier alpha value is -5.36. The number of methoxy groups -OCH3 is 1. The Balaban J connectivity index is 1.38. The zero-order chi connectivity index (χ0) is 33.1. The number of ether oxygens (including phenoxy) is 4. The van der Waals surface area contributed by atoms with Gasteiger partial charge in [-0.2, -0.15) is 5.10 Å². The van der Waals surface area contributed by atoms with E-state index in [1.807, 2.05) is 6.07 Å². The highest BCUT2D eigenvalue weighted by Gasteiger charge is 2.32. The van der Waals surface area contributed by atoms with Crippen LogP contribution in [0.5, 0.6) is 17.2 Å². The van der Waals surface area contributed by atoms with Crippen LogP contribution in [0.2, 0.25) is 0 Å². The lowest BCUT2D eigenvalue weighted by atomic mass is 9.95. The number of benzene rings is 3. The Bertz CT molecular complexity index is 1620. The van der Waals surface area contributed by atoms with E-state index < -0.39 is 24.3 Å². The van der Waals surface area contributed by atoms with Gasteiger partial charge in [0.2, 0.25) is 0 Å². The molecule has 1 aliphatic heterocycles. The molecule has 1 aliphatic rings. The minimum Gasteiger partial charge on any atom is -0.490 e. The van der Waals surface area contributed by atoms with Gasteiger partial charge in [-0.05, 0) is 73.4 Å². The van der Waals surface area contributed by atoms with Gasteiger partial charge >= 0.3 is 12.0 Å². The summed E-state index contributed by atoms with van der Waals surface area (Å²) in [4.78, 5) is 24.6. The minimum atomic E-state index is -1.17. The first-order chi connectivity index (χ1) is 22.2. The van der Waals surface area contributed by atoms with Gasteiger partial charge in [0, 0.05) is 11.3 Å². The molecule has 0 saturated heterocycles. The van der Waals surface area contributed by atoms with Gasteiger partial charge in [0.1, 0.15) is 24.8 Å². The fraction of sp³-hybridized carbons (Fsp3) is 0.265. The fourth-order valence-electron chi connectivity index (χ4n) is 4.73. The molecule has 46 heavy (non-hydrogen) atoms. The zero-order valence-electron chi connectivity index (χ0n) is 25.8. The minimum absolute atomic E-state index is 0.0889. The van der Waals surface area contributed by atoms with E-state index in [2.05, 4.69) is 27.7 Å². The number of carbonyl (C=O) groups excluding carboxylic acids is 2. The zero-order valence-corrected chi connectivity index (χ0v) is 25.8. The molecule has 2 amide bonds. The molecule has 0 spiro atoms. The van der Waals surface area contributed by atoms with Crippen molar-refractivity contribution in [1.29, 1.82) is 0 Å². The molecule has 2 atom stereocenters. The second-order valence-electron chi connectivity index (χ2n) is 10.2. The number of hydrogen-bond donors (Lipinski definition) is 4. The molecule has 0 saturated carbocycles. The normalized spacial score (nSPS) is 15.1. The van der Waals surface area contributed by atoms with Gasteiger partial charge in [-0.1, -0.05) is 30.3 Å². The Morgan fingerprint density at radius 1 is 1.09 bits per heavy atom. The molecule has 0 bridgehead atoms. The SMILES string of the molecule is C=CCc1cc(/C=N\N[C@H](O)COc2ccc([C@@H]3NC(=O)NC(C)=C3C(=O)OC)cc2OCC)ccc1OCc1ccccc1F. The van der Waals surface area contributed by atoms with Crippen LogP contribution in [0.25, 0.3) is 0 Å². The van der Waals surface area contributed by atoms with Gasteiger partial charge in [0.25, 0.3) is 0 Å². The maximum Gasteiger partial charge on any atom is 0.337 e. The van der Waals surface area contributed by atoms with E-state index in [0.29, 0.717) is 47.1 Å². The first-order valence-corrected chi connectivity index (χ1v) is 14.6. The van der Waals surface area contributed by atoms with E-state index in [1.165, 1.54) is 13.2 Å². The van der Waals surface area contributed by atoms with Crippen molar-refractivity contribution < 1.29 is 38.0 Å². The molecule has 242 valence electrons. The van der Waals surface area contributed by atoms with Crippen LogP contribution < -0.4 is 30.3 Å². The first-order valence-electron chi connectivity index (χ1n) is 14.6.